The molecule has 7 heteroatoms. The first-order valence-electron chi connectivity index (χ1n) is 5.74. The Morgan fingerprint density at radius 3 is 2.50 bits per heavy atom. The van der Waals surface area contributed by atoms with Gasteiger partial charge in [-0.25, -0.2) is 13.6 Å². The Morgan fingerprint density at radius 1 is 1.10 bits per heavy atom. The van der Waals surface area contributed by atoms with Gasteiger partial charge < -0.3 is 0 Å². The summed E-state index contributed by atoms with van der Waals surface area (Å²) in [5, 5.41) is 0. The zero-order valence-electron chi connectivity index (χ0n) is 10.9. The summed E-state index contributed by atoms with van der Waals surface area (Å²) in [6.07, 6.45) is 0. The maximum absolute atomic E-state index is 13.5. The molecule has 0 amide bonds. The van der Waals surface area contributed by atoms with Gasteiger partial charge in [0.05, 0.1) is 0 Å². The van der Waals surface area contributed by atoms with Crippen molar-refractivity contribution in [1.29, 1.82) is 0 Å². The van der Waals surface area contributed by atoms with Crippen LogP contribution in [0.25, 0.3) is 0 Å². The SMILES string of the molecule is Cn1c(CSc2cc(F)ccc2F)cc(=O)n(C)c1=O. The van der Waals surface area contributed by atoms with Crippen molar-refractivity contribution < 1.29 is 8.78 Å². The molecule has 1 aromatic carbocycles. The van der Waals surface area contributed by atoms with E-state index < -0.39 is 22.9 Å². The van der Waals surface area contributed by atoms with Crippen LogP contribution in [0.5, 0.6) is 0 Å². The van der Waals surface area contributed by atoms with Gasteiger partial charge in [0.15, 0.2) is 0 Å². The summed E-state index contributed by atoms with van der Waals surface area (Å²) in [7, 11) is 2.91. The van der Waals surface area contributed by atoms with E-state index in [0.717, 1.165) is 34.5 Å². The highest BCUT2D eigenvalue weighted by Crippen LogP contribution is 2.25. The molecule has 0 radical (unpaired) electrons. The molecular weight excluding hydrogens is 286 g/mol. The van der Waals surface area contributed by atoms with Crippen LogP contribution < -0.4 is 11.2 Å². The summed E-state index contributed by atoms with van der Waals surface area (Å²) in [4.78, 5) is 23.4. The van der Waals surface area contributed by atoms with Crippen LogP contribution in [0, 0.1) is 11.6 Å². The lowest BCUT2D eigenvalue weighted by molar-refractivity contribution is 0.577. The van der Waals surface area contributed by atoms with Crippen molar-refractivity contribution >= 4 is 11.8 Å². The Kier molecular flexibility index (Phi) is 4.08. The van der Waals surface area contributed by atoms with Crippen molar-refractivity contribution in [3.05, 3.63) is 62.4 Å². The number of hydrogen-bond donors (Lipinski definition) is 0. The molecule has 0 fully saturated rings. The molecule has 0 spiro atoms. The Labute approximate surface area is 117 Å². The van der Waals surface area contributed by atoms with Gasteiger partial charge in [-0.3, -0.25) is 13.9 Å². The third-order valence-electron chi connectivity index (χ3n) is 2.89. The van der Waals surface area contributed by atoms with E-state index in [-0.39, 0.29) is 10.6 Å². The topological polar surface area (TPSA) is 44.0 Å². The predicted octanol–water partition coefficient (Wildman–Crippen LogP) is 1.65. The summed E-state index contributed by atoms with van der Waals surface area (Å²) in [5.74, 6) is -0.876. The van der Waals surface area contributed by atoms with Gasteiger partial charge in [0, 0.05) is 36.5 Å². The van der Waals surface area contributed by atoms with Crippen molar-refractivity contribution in [2.45, 2.75) is 10.6 Å². The maximum Gasteiger partial charge on any atom is 0.330 e. The Bertz CT molecular complexity index is 768. The largest absolute Gasteiger partial charge is 0.330 e. The molecule has 2 aromatic rings. The first kappa shape index (κ1) is 14.5. The number of nitrogens with zero attached hydrogens (tertiary/aromatic N) is 2. The summed E-state index contributed by atoms with van der Waals surface area (Å²) < 4.78 is 28.8. The molecule has 0 atom stereocenters. The van der Waals surface area contributed by atoms with E-state index in [1.54, 1.807) is 0 Å². The Hall–Kier alpha value is -1.89. The van der Waals surface area contributed by atoms with Crippen molar-refractivity contribution in [3.63, 3.8) is 0 Å². The molecule has 0 N–H and O–H groups in total. The van der Waals surface area contributed by atoms with E-state index in [1.807, 2.05) is 0 Å². The fourth-order valence-electron chi connectivity index (χ4n) is 1.66. The number of halogens is 2. The average Bonchev–Trinajstić information content (AvgIpc) is 2.42. The highest BCUT2D eigenvalue weighted by Gasteiger charge is 2.09. The molecule has 0 saturated carbocycles. The van der Waals surface area contributed by atoms with Crippen LogP contribution in [0.4, 0.5) is 8.78 Å². The first-order valence-corrected chi connectivity index (χ1v) is 6.72. The van der Waals surface area contributed by atoms with E-state index in [0.29, 0.717) is 5.69 Å². The van der Waals surface area contributed by atoms with Gasteiger partial charge in [-0.15, -0.1) is 11.8 Å². The highest BCUT2D eigenvalue weighted by molar-refractivity contribution is 7.98. The Balaban J connectivity index is 2.30. The summed E-state index contributed by atoms with van der Waals surface area (Å²) in [6, 6.07) is 4.47. The van der Waals surface area contributed by atoms with Gasteiger partial charge in [0.2, 0.25) is 0 Å². The fraction of sp³-hybridized carbons (Fsp3) is 0.231. The van der Waals surface area contributed by atoms with Gasteiger partial charge >= 0.3 is 5.69 Å². The lowest BCUT2D eigenvalue weighted by Gasteiger charge is -2.09. The molecule has 0 unspecified atom stereocenters. The zero-order valence-corrected chi connectivity index (χ0v) is 11.7. The average molecular weight is 298 g/mol. The van der Waals surface area contributed by atoms with Gasteiger partial charge in [-0.1, -0.05) is 0 Å². The normalized spacial score (nSPS) is 10.8. The number of hydrogen-bond acceptors (Lipinski definition) is 3. The minimum absolute atomic E-state index is 0.137. The quantitative estimate of drug-likeness (QED) is 0.809. The third-order valence-corrected chi connectivity index (χ3v) is 3.96. The second-order valence-electron chi connectivity index (χ2n) is 4.24. The second kappa shape index (κ2) is 5.62. The number of thioether (sulfide) groups is 1. The molecule has 0 saturated heterocycles. The molecule has 0 aliphatic heterocycles. The predicted molar refractivity (Wildman–Crippen MR) is 72.8 cm³/mol. The standard InChI is InChI=1S/C13H12F2N2O2S/c1-16-9(6-12(18)17(2)13(16)19)7-20-11-5-8(14)3-4-10(11)15/h3-6H,7H2,1-2H3. The van der Waals surface area contributed by atoms with E-state index >= 15 is 0 Å². The molecular formula is C13H12F2N2O2S. The minimum Gasteiger partial charge on any atom is -0.300 e. The maximum atomic E-state index is 13.5. The van der Waals surface area contributed by atoms with Crippen LogP contribution >= 0.6 is 11.8 Å². The van der Waals surface area contributed by atoms with Crippen molar-refractivity contribution in [2.75, 3.05) is 0 Å². The molecule has 20 heavy (non-hydrogen) atoms. The van der Waals surface area contributed by atoms with E-state index in [9.17, 15) is 18.4 Å². The third kappa shape index (κ3) is 2.82. The van der Waals surface area contributed by atoms with Crippen LogP contribution in [0.15, 0.2) is 38.8 Å². The lowest BCUT2D eigenvalue weighted by Crippen LogP contribution is -2.37. The first-order chi connectivity index (χ1) is 9.40. The highest BCUT2D eigenvalue weighted by atomic mass is 32.2. The van der Waals surface area contributed by atoms with Gasteiger partial charge in [0.25, 0.3) is 5.56 Å². The molecule has 0 aliphatic carbocycles. The number of benzene rings is 1. The van der Waals surface area contributed by atoms with E-state index in [4.69, 9.17) is 0 Å². The fourth-order valence-corrected chi connectivity index (χ4v) is 2.64. The van der Waals surface area contributed by atoms with Crippen molar-refractivity contribution in [1.82, 2.24) is 9.13 Å². The second-order valence-corrected chi connectivity index (χ2v) is 5.26. The van der Waals surface area contributed by atoms with Crippen molar-refractivity contribution in [2.24, 2.45) is 14.1 Å². The molecule has 106 valence electrons. The minimum atomic E-state index is -0.537. The monoisotopic (exact) mass is 298 g/mol. The van der Waals surface area contributed by atoms with Gasteiger partial charge in [-0.05, 0) is 18.2 Å². The van der Waals surface area contributed by atoms with Crippen LogP contribution in [-0.4, -0.2) is 9.13 Å². The molecule has 1 heterocycles. The van der Waals surface area contributed by atoms with Gasteiger partial charge in [0.1, 0.15) is 11.6 Å². The summed E-state index contributed by atoms with van der Waals surface area (Å²) >= 11 is 1.03. The zero-order chi connectivity index (χ0) is 14.9. The molecule has 0 bridgehead atoms. The van der Waals surface area contributed by atoms with Crippen LogP contribution in [0.1, 0.15) is 5.69 Å². The van der Waals surface area contributed by atoms with Crippen molar-refractivity contribution in [3.8, 4) is 0 Å². The van der Waals surface area contributed by atoms with Gasteiger partial charge in [-0.2, -0.15) is 0 Å². The summed E-state index contributed by atoms with van der Waals surface area (Å²) in [6.45, 7) is 0. The van der Waals surface area contributed by atoms with E-state index in [2.05, 4.69) is 0 Å². The molecule has 1 aromatic heterocycles. The smallest absolute Gasteiger partial charge is 0.300 e. The lowest BCUT2D eigenvalue weighted by atomic mass is 10.3. The number of aromatic nitrogens is 2. The number of rotatable bonds is 3. The Morgan fingerprint density at radius 2 is 1.80 bits per heavy atom. The molecule has 2 rings (SSSR count). The van der Waals surface area contributed by atoms with Crippen LogP contribution in [0.3, 0.4) is 0 Å². The molecule has 4 nitrogen and oxygen atoms in total. The summed E-state index contributed by atoms with van der Waals surface area (Å²) in [5.41, 5.74) is -0.428. The van der Waals surface area contributed by atoms with Crippen LogP contribution in [-0.2, 0) is 19.8 Å². The van der Waals surface area contributed by atoms with Crippen LogP contribution in [0.2, 0.25) is 0 Å². The van der Waals surface area contributed by atoms with E-state index in [1.165, 1.54) is 24.7 Å². The molecule has 0 aliphatic rings.